The number of esters is 2. The van der Waals surface area contributed by atoms with Crippen LogP contribution in [0.1, 0.15) is 32.8 Å². The summed E-state index contributed by atoms with van der Waals surface area (Å²) in [5.74, 6) is -0.0398. The minimum Gasteiger partial charge on any atom is -0.494 e. The Morgan fingerprint density at radius 1 is 1.11 bits per heavy atom. The van der Waals surface area contributed by atoms with Crippen LogP contribution < -0.4 is 4.74 Å². The second kappa shape index (κ2) is 7.56. The van der Waals surface area contributed by atoms with Crippen molar-refractivity contribution in [3.63, 3.8) is 0 Å². The minimum absolute atomic E-state index is 0.0935. The van der Waals surface area contributed by atoms with Crippen molar-refractivity contribution in [3.8, 4) is 5.75 Å². The lowest BCUT2D eigenvalue weighted by Crippen LogP contribution is -2.15. The van der Waals surface area contributed by atoms with Crippen molar-refractivity contribution < 1.29 is 19.1 Å². The fraction of sp³-hybridized carbons (Fsp3) is 0.467. The smallest absolute Gasteiger partial charge is 0.317 e. The Labute approximate surface area is 113 Å². The predicted molar refractivity (Wildman–Crippen MR) is 71.9 cm³/mol. The molecule has 0 N–H and O–H groups in total. The van der Waals surface area contributed by atoms with E-state index in [4.69, 9.17) is 9.47 Å². The van der Waals surface area contributed by atoms with E-state index < -0.39 is 11.9 Å². The van der Waals surface area contributed by atoms with E-state index >= 15 is 0 Å². The second-order valence-electron chi connectivity index (χ2n) is 4.70. The van der Waals surface area contributed by atoms with Gasteiger partial charge in [0.1, 0.15) is 5.75 Å². The summed E-state index contributed by atoms with van der Waals surface area (Å²) in [6.45, 7) is 6.31. The zero-order chi connectivity index (χ0) is 14.3. The second-order valence-corrected chi connectivity index (χ2v) is 4.70. The first-order valence-corrected chi connectivity index (χ1v) is 6.46. The van der Waals surface area contributed by atoms with Gasteiger partial charge < -0.3 is 9.47 Å². The molecule has 0 fully saturated rings. The van der Waals surface area contributed by atoms with Crippen LogP contribution >= 0.6 is 0 Å². The molecule has 0 atom stereocenters. The fourth-order valence-corrected chi connectivity index (χ4v) is 1.57. The Morgan fingerprint density at radius 3 is 2.26 bits per heavy atom. The summed E-state index contributed by atoms with van der Waals surface area (Å²) in [7, 11) is 0. The van der Waals surface area contributed by atoms with Crippen LogP contribution in [0, 0.1) is 5.92 Å². The molecule has 0 saturated heterocycles. The summed E-state index contributed by atoms with van der Waals surface area (Å²) >= 11 is 0. The quantitative estimate of drug-likeness (QED) is 0.585. The monoisotopic (exact) mass is 264 g/mol. The number of carbonyl (C=O) groups excluding carboxylic acids is 2. The summed E-state index contributed by atoms with van der Waals surface area (Å²) in [6.07, 6.45) is 0.352. The van der Waals surface area contributed by atoms with Crippen LogP contribution in [-0.2, 0) is 20.7 Å². The molecule has 0 spiro atoms. The number of carbonyl (C=O) groups is 2. The molecule has 0 saturated carbocycles. The Morgan fingerprint density at radius 2 is 1.74 bits per heavy atom. The average molecular weight is 264 g/mol. The first kappa shape index (κ1) is 15.2. The zero-order valence-electron chi connectivity index (χ0n) is 11.6. The average Bonchev–Trinajstić information content (AvgIpc) is 2.30. The molecule has 0 aliphatic rings. The van der Waals surface area contributed by atoms with Gasteiger partial charge in [-0.05, 0) is 30.5 Å². The topological polar surface area (TPSA) is 52.6 Å². The van der Waals surface area contributed by atoms with Gasteiger partial charge in [0.2, 0.25) is 0 Å². The lowest BCUT2D eigenvalue weighted by molar-refractivity contribution is -0.159. The number of benzene rings is 1. The maximum atomic E-state index is 11.5. The lowest BCUT2D eigenvalue weighted by Gasteiger charge is -2.06. The van der Waals surface area contributed by atoms with Crippen LogP contribution in [-0.4, -0.2) is 18.5 Å². The van der Waals surface area contributed by atoms with E-state index in [-0.39, 0.29) is 18.8 Å². The van der Waals surface area contributed by atoms with Gasteiger partial charge in [0.05, 0.1) is 13.0 Å². The number of ether oxygens (including phenoxy) is 2. The van der Waals surface area contributed by atoms with Crippen LogP contribution in [0.4, 0.5) is 0 Å². The van der Waals surface area contributed by atoms with Gasteiger partial charge in [-0.3, -0.25) is 9.59 Å². The Hall–Kier alpha value is -1.84. The molecule has 0 radical (unpaired) electrons. The van der Waals surface area contributed by atoms with Crippen molar-refractivity contribution >= 4 is 11.9 Å². The fourth-order valence-electron chi connectivity index (χ4n) is 1.57. The van der Waals surface area contributed by atoms with E-state index in [1.165, 1.54) is 0 Å². The summed E-state index contributed by atoms with van der Waals surface area (Å²) in [5, 5.41) is 0. The molecule has 0 unspecified atom stereocenters. The molecule has 4 nitrogen and oxygen atoms in total. The minimum atomic E-state index is -0.519. The first-order chi connectivity index (χ1) is 9.01. The van der Waals surface area contributed by atoms with Gasteiger partial charge in [-0.1, -0.05) is 26.0 Å². The molecule has 1 aromatic carbocycles. The molecule has 1 aromatic rings. The maximum Gasteiger partial charge on any atom is 0.317 e. The van der Waals surface area contributed by atoms with Crippen LogP contribution in [0.2, 0.25) is 0 Å². The molecule has 104 valence electrons. The van der Waals surface area contributed by atoms with Crippen molar-refractivity contribution in [1.82, 2.24) is 0 Å². The highest BCUT2D eigenvalue weighted by molar-refractivity contribution is 5.86. The van der Waals surface area contributed by atoms with E-state index in [2.05, 4.69) is 0 Å². The van der Waals surface area contributed by atoms with E-state index in [0.717, 1.165) is 11.3 Å². The van der Waals surface area contributed by atoms with Crippen molar-refractivity contribution in [2.24, 2.45) is 5.92 Å². The molecular weight excluding hydrogens is 244 g/mol. The van der Waals surface area contributed by atoms with Crippen molar-refractivity contribution in [2.45, 2.75) is 33.6 Å². The summed E-state index contributed by atoms with van der Waals surface area (Å²) in [5.41, 5.74) is 0.797. The van der Waals surface area contributed by atoms with E-state index in [9.17, 15) is 9.59 Å². The van der Waals surface area contributed by atoms with Gasteiger partial charge >= 0.3 is 11.9 Å². The van der Waals surface area contributed by atoms with Crippen LogP contribution in [0.3, 0.4) is 0 Å². The molecule has 0 heterocycles. The first-order valence-electron chi connectivity index (χ1n) is 6.46. The highest BCUT2D eigenvalue weighted by atomic mass is 16.6. The Bertz CT molecular complexity index is 420. The van der Waals surface area contributed by atoms with Crippen molar-refractivity contribution in [2.75, 3.05) is 6.61 Å². The molecule has 0 amide bonds. The molecule has 4 heteroatoms. The summed E-state index contributed by atoms with van der Waals surface area (Å²) < 4.78 is 10.0. The van der Waals surface area contributed by atoms with Gasteiger partial charge in [-0.15, -0.1) is 0 Å². The van der Waals surface area contributed by atoms with Gasteiger partial charge in [0.15, 0.2) is 0 Å². The molecule has 0 aromatic heterocycles. The molecule has 19 heavy (non-hydrogen) atoms. The standard InChI is InChI=1S/C15H20O4/c1-4-18-13-7-5-12(6-8-13)10-15(17)19-14(16)9-11(2)3/h5-8,11H,4,9-10H2,1-3H3. The largest absolute Gasteiger partial charge is 0.494 e. The highest BCUT2D eigenvalue weighted by Crippen LogP contribution is 2.13. The third-order valence-electron chi connectivity index (χ3n) is 2.39. The lowest BCUT2D eigenvalue weighted by atomic mass is 10.1. The van der Waals surface area contributed by atoms with Crippen LogP contribution in [0.25, 0.3) is 0 Å². The third-order valence-corrected chi connectivity index (χ3v) is 2.39. The third kappa shape index (κ3) is 6.04. The van der Waals surface area contributed by atoms with Crippen LogP contribution in [0.5, 0.6) is 5.75 Å². The molecular formula is C15H20O4. The van der Waals surface area contributed by atoms with Gasteiger partial charge in [0, 0.05) is 6.42 Å². The van der Waals surface area contributed by atoms with Crippen molar-refractivity contribution in [1.29, 1.82) is 0 Å². The SMILES string of the molecule is CCOc1ccc(CC(=O)OC(=O)CC(C)C)cc1. The molecule has 0 aliphatic heterocycles. The Kier molecular flexibility index (Phi) is 6.06. The normalized spacial score (nSPS) is 10.3. The van der Waals surface area contributed by atoms with E-state index in [1.807, 2.05) is 20.8 Å². The number of hydrogen-bond donors (Lipinski definition) is 0. The Balaban J connectivity index is 2.45. The van der Waals surface area contributed by atoms with Gasteiger partial charge in [-0.2, -0.15) is 0 Å². The molecule has 1 rings (SSSR count). The van der Waals surface area contributed by atoms with Gasteiger partial charge in [-0.25, -0.2) is 0 Å². The van der Waals surface area contributed by atoms with Crippen LogP contribution in [0.15, 0.2) is 24.3 Å². The predicted octanol–water partition coefficient (Wildman–Crippen LogP) is 2.74. The highest BCUT2D eigenvalue weighted by Gasteiger charge is 2.12. The zero-order valence-corrected chi connectivity index (χ0v) is 11.6. The number of hydrogen-bond acceptors (Lipinski definition) is 4. The number of rotatable bonds is 6. The van der Waals surface area contributed by atoms with E-state index in [0.29, 0.717) is 6.61 Å². The summed E-state index contributed by atoms with van der Waals surface area (Å²) in [4.78, 5) is 22.9. The van der Waals surface area contributed by atoms with Crippen molar-refractivity contribution in [3.05, 3.63) is 29.8 Å². The van der Waals surface area contributed by atoms with E-state index in [1.54, 1.807) is 24.3 Å². The maximum absolute atomic E-state index is 11.5. The molecule has 0 aliphatic carbocycles. The summed E-state index contributed by atoms with van der Waals surface area (Å²) in [6, 6.07) is 7.17. The van der Waals surface area contributed by atoms with Gasteiger partial charge in [0.25, 0.3) is 0 Å². The molecule has 0 bridgehead atoms.